The zero-order valence-electron chi connectivity index (χ0n) is 31.0. The first-order chi connectivity index (χ1) is 28.7. The van der Waals surface area contributed by atoms with Crippen molar-refractivity contribution in [1.29, 1.82) is 0 Å². The molecule has 6 heteroatoms. The molecule has 0 aliphatic carbocycles. The van der Waals surface area contributed by atoms with Gasteiger partial charge < -0.3 is 4.57 Å². The lowest BCUT2D eigenvalue weighted by molar-refractivity contribution is 1.07. The summed E-state index contributed by atoms with van der Waals surface area (Å²) in [5.41, 5.74) is 11.1. The zero-order valence-corrected chi connectivity index (χ0v) is 31.9. The molecule has 3 aromatic heterocycles. The van der Waals surface area contributed by atoms with Gasteiger partial charge in [0, 0.05) is 42.4 Å². The highest BCUT2D eigenvalue weighted by molar-refractivity contribution is 7.27. The van der Waals surface area contributed by atoms with E-state index < -0.39 is 0 Å². The van der Waals surface area contributed by atoms with E-state index in [4.69, 9.17) is 21.5 Å². The highest BCUT2D eigenvalue weighted by atomic mass is 32.1. The van der Waals surface area contributed by atoms with Gasteiger partial charge in [0.15, 0.2) is 17.5 Å². The molecule has 0 saturated carbocycles. The Kier molecular flexibility index (Phi) is 7.99. The summed E-state index contributed by atoms with van der Waals surface area (Å²) in [5.74, 6) is 1.79. The average Bonchev–Trinajstić information content (AvgIpc) is 3.85. The maximum Gasteiger partial charge on any atom is 0.204 e. The van der Waals surface area contributed by atoms with Gasteiger partial charge in [-0.3, -0.25) is 0 Å². The number of para-hydroxylation sites is 2. The Morgan fingerprint density at radius 1 is 0.397 bits per heavy atom. The maximum absolute atomic E-state index is 7.77. The van der Waals surface area contributed by atoms with Crippen molar-refractivity contribution >= 4 is 59.0 Å². The minimum Gasteiger partial charge on any atom is -0.309 e. The summed E-state index contributed by atoms with van der Waals surface area (Å²) in [6.45, 7) is 7.77. The van der Waals surface area contributed by atoms with E-state index in [0.29, 0.717) is 23.2 Å². The Morgan fingerprint density at radius 3 is 1.60 bits per heavy atom. The first-order valence-electron chi connectivity index (χ1n) is 19.1. The molecule has 0 bridgehead atoms. The molecule has 8 aromatic carbocycles. The molecule has 11 rings (SSSR count). The summed E-state index contributed by atoms with van der Waals surface area (Å²) in [7, 11) is 0. The second kappa shape index (κ2) is 13.8. The number of benzene rings is 8. The molecule has 0 aliphatic heterocycles. The number of thiophene rings is 1. The number of aromatic nitrogens is 4. The number of fused-ring (bicyclic) bond motifs is 6. The minimum atomic E-state index is 0.592. The predicted octanol–water partition coefficient (Wildman–Crippen LogP) is 14.2. The monoisotopic (exact) mass is 757 g/mol. The first-order valence-corrected chi connectivity index (χ1v) is 20.0. The maximum atomic E-state index is 7.77. The molecule has 0 atom stereocenters. The number of hydrogen-bond acceptors (Lipinski definition) is 4. The van der Waals surface area contributed by atoms with Crippen molar-refractivity contribution < 1.29 is 0 Å². The molecule has 0 saturated heterocycles. The predicted molar refractivity (Wildman–Crippen MR) is 240 cm³/mol. The second-order valence-corrected chi connectivity index (χ2v) is 15.3. The third-order valence-electron chi connectivity index (χ3n) is 10.9. The largest absolute Gasteiger partial charge is 0.309 e. The van der Waals surface area contributed by atoms with E-state index in [1.165, 1.54) is 10.8 Å². The van der Waals surface area contributed by atoms with Crippen LogP contribution in [0.5, 0.6) is 0 Å². The average molecular weight is 758 g/mol. The van der Waals surface area contributed by atoms with E-state index in [2.05, 4.69) is 155 Å². The summed E-state index contributed by atoms with van der Waals surface area (Å²) >= 11 is 1.68. The smallest absolute Gasteiger partial charge is 0.204 e. The van der Waals surface area contributed by atoms with Crippen LogP contribution in [0.2, 0.25) is 0 Å². The molecular weight excluding hydrogens is 727 g/mol. The lowest BCUT2D eigenvalue weighted by atomic mass is 10.00. The van der Waals surface area contributed by atoms with Crippen molar-refractivity contribution in [3.05, 3.63) is 199 Å². The van der Waals surface area contributed by atoms with E-state index in [-0.39, 0.29) is 0 Å². The molecule has 270 valence electrons. The van der Waals surface area contributed by atoms with Crippen molar-refractivity contribution in [1.82, 2.24) is 19.5 Å². The molecule has 0 unspecified atom stereocenters. The fourth-order valence-electron chi connectivity index (χ4n) is 8.20. The zero-order chi connectivity index (χ0) is 38.6. The van der Waals surface area contributed by atoms with Gasteiger partial charge in [-0.15, -0.1) is 11.3 Å². The molecule has 0 fully saturated rings. The molecule has 0 radical (unpaired) electrons. The molecule has 58 heavy (non-hydrogen) atoms. The highest BCUT2D eigenvalue weighted by Gasteiger charge is 2.20. The fraction of sp³-hybridized carbons (Fsp3) is 0. The van der Waals surface area contributed by atoms with Gasteiger partial charge in [-0.2, -0.15) is 0 Å². The van der Waals surface area contributed by atoms with Gasteiger partial charge in [-0.25, -0.2) is 19.8 Å². The standard InChI is InChI=1S/C52H31N5S/c1-53-44-26-14-25-43-42-24-13-23-39(48(42)58-49(43)44)35-19-12-20-36(31-35)51-54-50(34-17-6-3-7-18-34)55-52(56-51)37-29-30-38(33-15-4-2-5-16-33)47(32-37)57-45-27-10-8-21-40(45)41-22-9-11-28-46(41)57/h2-32H. The Labute approximate surface area is 338 Å². The van der Waals surface area contributed by atoms with Crippen molar-refractivity contribution in [3.8, 4) is 62.1 Å². The number of nitrogens with zero attached hydrogens (tertiary/aromatic N) is 5. The third kappa shape index (κ3) is 5.56. The van der Waals surface area contributed by atoms with Gasteiger partial charge in [-0.1, -0.05) is 164 Å². The molecular formula is C52H31N5S. The van der Waals surface area contributed by atoms with E-state index in [9.17, 15) is 0 Å². The number of rotatable bonds is 6. The third-order valence-corrected chi connectivity index (χ3v) is 12.2. The molecule has 0 N–H and O–H groups in total. The minimum absolute atomic E-state index is 0.592. The summed E-state index contributed by atoms with van der Waals surface area (Å²) in [6.07, 6.45) is 0. The first kappa shape index (κ1) is 33.6. The van der Waals surface area contributed by atoms with Crippen molar-refractivity contribution in [2.75, 3.05) is 0 Å². The summed E-state index contributed by atoms with van der Waals surface area (Å²) in [5, 5.41) is 4.67. The van der Waals surface area contributed by atoms with Crippen LogP contribution in [0.4, 0.5) is 5.69 Å². The van der Waals surface area contributed by atoms with Gasteiger partial charge in [0.05, 0.1) is 23.3 Å². The highest BCUT2D eigenvalue weighted by Crippen LogP contribution is 2.44. The van der Waals surface area contributed by atoms with E-state index in [0.717, 1.165) is 75.8 Å². The van der Waals surface area contributed by atoms with Crippen LogP contribution in [0.25, 0.3) is 109 Å². The van der Waals surface area contributed by atoms with E-state index in [1.807, 2.05) is 42.5 Å². The normalized spacial score (nSPS) is 11.4. The van der Waals surface area contributed by atoms with Gasteiger partial charge in [0.2, 0.25) is 5.69 Å². The lowest BCUT2D eigenvalue weighted by Gasteiger charge is -2.16. The quantitative estimate of drug-likeness (QED) is 0.159. The fourth-order valence-corrected chi connectivity index (χ4v) is 9.49. The molecule has 11 aromatic rings. The molecule has 0 spiro atoms. The molecule has 3 heterocycles. The van der Waals surface area contributed by atoms with E-state index in [1.54, 1.807) is 11.3 Å². The van der Waals surface area contributed by atoms with E-state index >= 15 is 0 Å². The van der Waals surface area contributed by atoms with Crippen LogP contribution in [-0.4, -0.2) is 19.5 Å². The van der Waals surface area contributed by atoms with Gasteiger partial charge in [0.1, 0.15) is 0 Å². The molecule has 5 nitrogen and oxygen atoms in total. The SMILES string of the molecule is [C-]#[N+]c1cccc2c1sc1c(-c3cccc(-c4nc(-c5ccccc5)nc(-c5ccc(-c6ccccc6)c(-n6c7ccccc7c7ccccc76)c5)n4)c3)cccc12. The van der Waals surface area contributed by atoms with Gasteiger partial charge in [-0.05, 0) is 51.7 Å². The van der Waals surface area contributed by atoms with Gasteiger partial charge >= 0.3 is 0 Å². The summed E-state index contributed by atoms with van der Waals surface area (Å²) < 4.78 is 4.54. The van der Waals surface area contributed by atoms with Crippen molar-refractivity contribution in [3.63, 3.8) is 0 Å². The Morgan fingerprint density at radius 2 is 0.914 bits per heavy atom. The van der Waals surface area contributed by atoms with Crippen LogP contribution in [0.1, 0.15) is 0 Å². The lowest BCUT2D eigenvalue weighted by Crippen LogP contribution is -2.02. The Hall–Kier alpha value is -7.72. The topological polar surface area (TPSA) is 48.0 Å². The molecule has 0 amide bonds. The van der Waals surface area contributed by atoms with Crippen LogP contribution < -0.4 is 0 Å². The Balaban J connectivity index is 1.11. The van der Waals surface area contributed by atoms with Gasteiger partial charge in [0.25, 0.3) is 0 Å². The Bertz CT molecular complexity index is 3360. The second-order valence-electron chi connectivity index (χ2n) is 14.3. The summed E-state index contributed by atoms with van der Waals surface area (Å²) in [6, 6.07) is 65.3. The van der Waals surface area contributed by atoms with Crippen LogP contribution in [0, 0.1) is 6.57 Å². The van der Waals surface area contributed by atoms with Crippen molar-refractivity contribution in [2.24, 2.45) is 0 Å². The van der Waals surface area contributed by atoms with Crippen LogP contribution in [0.3, 0.4) is 0 Å². The molecule has 0 aliphatic rings. The van der Waals surface area contributed by atoms with Crippen LogP contribution in [0.15, 0.2) is 188 Å². The van der Waals surface area contributed by atoms with Crippen molar-refractivity contribution in [2.45, 2.75) is 0 Å². The number of hydrogen-bond donors (Lipinski definition) is 0. The summed E-state index contributed by atoms with van der Waals surface area (Å²) in [4.78, 5) is 19.3. The van der Waals surface area contributed by atoms with Crippen LogP contribution in [-0.2, 0) is 0 Å². The van der Waals surface area contributed by atoms with Crippen LogP contribution >= 0.6 is 11.3 Å².